The maximum atomic E-state index is 3.53. The standard InChI is InChI=1S/C18H23NS.ClH/c1-3-9-17(10-4-1)11-7-14-19-15-8-16-20-18-12-5-2-6-13-18;/h1-6,9-10,12-13,19H,7-8,11,14-16H2;1H. The number of hydrogen-bond donors (Lipinski definition) is 1. The Morgan fingerprint density at radius 2 is 1.38 bits per heavy atom. The van der Waals surface area contributed by atoms with Crippen molar-refractivity contribution in [1.29, 1.82) is 0 Å². The number of halogens is 1. The smallest absolute Gasteiger partial charge is 0.00719 e. The van der Waals surface area contributed by atoms with Gasteiger partial charge >= 0.3 is 0 Å². The van der Waals surface area contributed by atoms with Crippen LogP contribution in [0.3, 0.4) is 0 Å². The van der Waals surface area contributed by atoms with Crippen LogP contribution in [0.2, 0.25) is 0 Å². The van der Waals surface area contributed by atoms with E-state index in [-0.39, 0.29) is 12.4 Å². The van der Waals surface area contributed by atoms with E-state index in [1.165, 1.54) is 35.5 Å². The second-order valence-electron chi connectivity index (χ2n) is 4.85. The number of hydrogen-bond acceptors (Lipinski definition) is 2. The van der Waals surface area contributed by atoms with Gasteiger partial charge in [0.05, 0.1) is 0 Å². The lowest BCUT2D eigenvalue weighted by Crippen LogP contribution is -2.17. The molecule has 0 aliphatic heterocycles. The van der Waals surface area contributed by atoms with E-state index in [0.29, 0.717) is 0 Å². The molecule has 3 heteroatoms. The van der Waals surface area contributed by atoms with Crippen molar-refractivity contribution in [2.24, 2.45) is 0 Å². The van der Waals surface area contributed by atoms with Gasteiger partial charge in [-0.05, 0) is 55.8 Å². The van der Waals surface area contributed by atoms with Crippen LogP contribution in [0.1, 0.15) is 18.4 Å². The molecule has 2 aromatic carbocycles. The molecule has 114 valence electrons. The summed E-state index contributed by atoms with van der Waals surface area (Å²) in [7, 11) is 0. The van der Waals surface area contributed by atoms with E-state index in [2.05, 4.69) is 66.0 Å². The van der Waals surface area contributed by atoms with Crippen LogP contribution in [-0.2, 0) is 6.42 Å². The first-order chi connectivity index (χ1) is 9.95. The fourth-order valence-electron chi connectivity index (χ4n) is 2.09. The molecular weight excluding hydrogens is 298 g/mol. The molecule has 0 saturated carbocycles. The van der Waals surface area contributed by atoms with Crippen molar-refractivity contribution in [3.8, 4) is 0 Å². The summed E-state index contributed by atoms with van der Waals surface area (Å²) in [6.45, 7) is 2.24. The molecule has 1 N–H and O–H groups in total. The number of thioether (sulfide) groups is 1. The lowest BCUT2D eigenvalue weighted by molar-refractivity contribution is 0.642. The molecule has 2 rings (SSSR count). The maximum Gasteiger partial charge on any atom is 0.00719 e. The molecule has 0 amide bonds. The first-order valence-electron chi connectivity index (χ1n) is 7.37. The van der Waals surface area contributed by atoms with Gasteiger partial charge in [0.1, 0.15) is 0 Å². The molecule has 1 nitrogen and oxygen atoms in total. The molecule has 0 aliphatic carbocycles. The lowest BCUT2D eigenvalue weighted by atomic mass is 10.1. The van der Waals surface area contributed by atoms with Crippen molar-refractivity contribution < 1.29 is 0 Å². The quantitative estimate of drug-likeness (QED) is 0.525. The molecule has 2 aromatic rings. The van der Waals surface area contributed by atoms with Gasteiger partial charge in [0.15, 0.2) is 0 Å². The van der Waals surface area contributed by atoms with Crippen molar-refractivity contribution in [3.63, 3.8) is 0 Å². The van der Waals surface area contributed by atoms with Gasteiger partial charge in [0.2, 0.25) is 0 Å². The molecule has 0 atom stereocenters. The van der Waals surface area contributed by atoms with Crippen LogP contribution in [-0.4, -0.2) is 18.8 Å². The highest BCUT2D eigenvalue weighted by Gasteiger charge is 1.94. The summed E-state index contributed by atoms with van der Waals surface area (Å²) in [6.07, 6.45) is 3.62. The molecule has 0 unspecified atom stereocenters. The van der Waals surface area contributed by atoms with Crippen LogP contribution in [0.5, 0.6) is 0 Å². The Balaban J connectivity index is 0.00000220. The van der Waals surface area contributed by atoms with Crippen LogP contribution in [0.25, 0.3) is 0 Å². The van der Waals surface area contributed by atoms with Gasteiger partial charge in [-0.25, -0.2) is 0 Å². The largest absolute Gasteiger partial charge is 0.317 e. The molecule has 0 aromatic heterocycles. The predicted molar refractivity (Wildman–Crippen MR) is 96.7 cm³/mol. The van der Waals surface area contributed by atoms with E-state index >= 15 is 0 Å². The Morgan fingerprint density at radius 1 is 0.762 bits per heavy atom. The summed E-state index contributed by atoms with van der Waals surface area (Å²) in [6, 6.07) is 21.3. The summed E-state index contributed by atoms with van der Waals surface area (Å²) in [4.78, 5) is 1.37. The van der Waals surface area contributed by atoms with Crippen molar-refractivity contribution in [2.45, 2.75) is 24.2 Å². The third-order valence-corrected chi connectivity index (χ3v) is 4.27. The monoisotopic (exact) mass is 321 g/mol. The molecule has 0 radical (unpaired) electrons. The van der Waals surface area contributed by atoms with Gasteiger partial charge in [0.25, 0.3) is 0 Å². The number of nitrogens with one attached hydrogen (secondary N) is 1. The highest BCUT2D eigenvalue weighted by Crippen LogP contribution is 2.17. The van der Waals surface area contributed by atoms with E-state index in [4.69, 9.17) is 0 Å². The van der Waals surface area contributed by atoms with E-state index in [0.717, 1.165) is 13.1 Å². The molecular formula is C18H24ClNS. The summed E-state index contributed by atoms with van der Waals surface area (Å²) in [5.74, 6) is 1.19. The Labute approximate surface area is 139 Å². The Bertz CT molecular complexity index is 416. The van der Waals surface area contributed by atoms with Crippen LogP contribution in [0.4, 0.5) is 0 Å². The summed E-state index contributed by atoms with van der Waals surface area (Å²) < 4.78 is 0. The first kappa shape index (κ1) is 18.1. The van der Waals surface area contributed by atoms with E-state index in [1.807, 2.05) is 11.8 Å². The highest BCUT2D eigenvalue weighted by atomic mass is 35.5. The van der Waals surface area contributed by atoms with Crippen LogP contribution in [0, 0.1) is 0 Å². The maximum absolute atomic E-state index is 3.53. The fraction of sp³-hybridized carbons (Fsp3) is 0.333. The molecule has 0 saturated heterocycles. The SMILES string of the molecule is Cl.c1ccc(CCCNCCCSc2ccccc2)cc1. The van der Waals surface area contributed by atoms with Crippen molar-refractivity contribution in [3.05, 3.63) is 66.2 Å². The average molecular weight is 322 g/mol. The second kappa shape index (κ2) is 11.7. The molecule has 0 heterocycles. The van der Waals surface area contributed by atoms with Crippen LogP contribution < -0.4 is 5.32 Å². The molecule has 0 spiro atoms. The van der Waals surface area contributed by atoms with Crippen LogP contribution >= 0.6 is 24.2 Å². The average Bonchev–Trinajstić information content (AvgIpc) is 2.52. The molecule has 0 fully saturated rings. The Hall–Kier alpha value is -0.960. The minimum atomic E-state index is 0. The third kappa shape index (κ3) is 8.15. The summed E-state index contributed by atoms with van der Waals surface area (Å²) in [5.41, 5.74) is 1.44. The molecule has 21 heavy (non-hydrogen) atoms. The molecule has 0 bridgehead atoms. The zero-order chi connectivity index (χ0) is 13.9. The Morgan fingerprint density at radius 3 is 2.10 bits per heavy atom. The number of rotatable bonds is 9. The van der Waals surface area contributed by atoms with E-state index < -0.39 is 0 Å². The fourth-order valence-corrected chi connectivity index (χ4v) is 2.97. The van der Waals surface area contributed by atoms with Gasteiger partial charge in [0, 0.05) is 4.90 Å². The van der Waals surface area contributed by atoms with Gasteiger partial charge in [-0.3, -0.25) is 0 Å². The van der Waals surface area contributed by atoms with E-state index in [1.54, 1.807) is 0 Å². The Kier molecular flexibility index (Phi) is 10.1. The van der Waals surface area contributed by atoms with Crippen molar-refractivity contribution >= 4 is 24.2 Å². The number of benzene rings is 2. The van der Waals surface area contributed by atoms with Gasteiger partial charge < -0.3 is 5.32 Å². The zero-order valence-electron chi connectivity index (χ0n) is 12.3. The molecule has 0 aliphatic rings. The minimum Gasteiger partial charge on any atom is -0.317 e. The lowest BCUT2D eigenvalue weighted by Gasteiger charge is -2.05. The van der Waals surface area contributed by atoms with Gasteiger partial charge in [-0.2, -0.15) is 0 Å². The second-order valence-corrected chi connectivity index (χ2v) is 6.02. The normalized spacial score (nSPS) is 10.1. The van der Waals surface area contributed by atoms with Gasteiger partial charge in [-0.15, -0.1) is 24.2 Å². The topological polar surface area (TPSA) is 12.0 Å². The van der Waals surface area contributed by atoms with Crippen molar-refractivity contribution in [2.75, 3.05) is 18.8 Å². The predicted octanol–water partition coefficient (Wildman–Crippen LogP) is 4.81. The highest BCUT2D eigenvalue weighted by molar-refractivity contribution is 7.99. The first-order valence-corrected chi connectivity index (χ1v) is 8.36. The van der Waals surface area contributed by atoms with E-state index in [9.17, 15) is 0 Å². The summed E-state index contributed by atoms with van der Waals surface area (Å²) in [5, 5.41) is 3.53. The third-order valence-electron chi connectivity index (χ3n) is 3.17. The zero-order valence-corrected chi connectivity index (χ0v) is 14.0. The number of aryl methyl sites for hydroxylation is 1. The minimum absolute atomic E-state index is 0. The van der Waals surface area contributed by atoms with Crippen LogP contribution in [0.15, 0.2) is 65.6 Å². The summed E-state index contributed by atoms with van der Waals surface area (Å²) >= 11 is 1.94. The van der Waals surface area contributed by atoms with Gasteiger partial charge in [-0.1, -0.05) is 48.5 Å². The van der Waals surface area contributed by atoms with Crippen molar-refractivity contribution in [1.82, 2.24) is 5.32 Å².